The number of carbonyl (C=O) groups excluding carboxylic acids is 2. The molecule has 0 spiro atoms. The summed E-state index contributed by atoms with van der Waals surface area (Å²) in [5, 5.41) is 9.82. The van der Waals surface area contributed by atoms with E-state index in [1.165, 1.54) is 15.7 Å². The fourth-order valence-corrected chi connectivity index (χ4v) is 13.2. The Balaban J connectivity index is 1.19. The van der Waals surface area contributed by atoms with Crippen molar-refractivity contribution in [3.05, 3.63) is 59.7 Å². The second kappa shape index (κ2) is 21.2. The summed E-state index contributed by atoms with van der Waals surface area (Å²) in [6.07, 6.45) is 7.61. The van der Waals surface area contributed by atoms with Crippen LogP contribution in [0.2, 0.25) is 0 Å². The number of rotatable bonds is 15. The van der Waals surface area contributed by atoms with E-state index < -0.39 is 56.4 Å². The number of hydrogen-bond donors (Lipinski definition) is 1. The zero-order valence-electron chi connectivity index (χ0n) is 35.4. The first-order chi connectivity index (χ1) is 28.9. The van der Waals surface area contributed by atoms with Crippen LogP contribution in [0, 0.1) is 12.8 Å². The molecule has 0 aromatic heterocycles. The fourth-order valence-electron chi connectivity index (χ4n) is 9.55. The van der Waals surface area contributed by atoms with Gasteiger partial charge in [0.15, 0.2) is 0 Å². The maximum atomic E-state index is 14.5. The normalized spacial score (nSPS) is 26.1. The highest BCUT2D eigenvalue weighted by atomic mass is 32.2. The highest BCUT2D eigenvalue weighted by Crippen LogP contribution is 2.37. The molecule has 17 heteroatoms. The lowest BCUT2D eigenvalue weighted by Crippen LogP contribution is -2.56. The molecule has 0 aliphatic carbocycles. The van der Waals surface area contributed by atoms with Crippen molar-refractivity contribution in [3.8, 4) is 0 Å². The summed E-state index contributed by atoms with van der Waals surface area (Å²) in [7, 11) is -4.98. The number of aliphatic hydroxyl groups is 1. The number of methoxy groups -OCH3 is 2. The van der Waals surface area contributed by atoms with Gasteiger partial charge in [0.2, 0.25) is 20.0 Å². The topological polar surface area (TPSA) is 173 Å². The molecule has 15 nitrogen and oxygen atoms in total. The van der Waals surface area contributed by atoms with Crippen LogP contribution in [0.1, 0.15) is 81.8 Å². The molecule has 2 amide bonds. The standard InChI is InChI=1S/C43H64N4O11S2/c1-32-13-17-40(18-14-32)60(53,54)47-38(29-56-3)25-34(26-39(47)31-57-42(49)44-21-6-4-7-22-44)24-33-15-19-41(20-16-33)59(51,52)46-36(28-55-2)11-9-12-37(46)30-58-43(50)45-23-8-5-10-35(45)27-48/h13-20,34-39,48H,4-12,21-31H2,1-3H3/t34?,35?,36-,37+,38-,39+/m1/s1. The summed E-state index contributed by atoms with van der Waals surface area (Å²) in [5.74, 6) is -0.0339. The van der Waals surface area contributed by atoms with Gasteiger partial charge in [-0.1, -0.05) is 36.2 Å². The van der Waals surface area contributed by atoms with Gasteiger partial charge in [-0.25, -0.2) is 26.4 Å². The number of piperidine rings is 4. The van der Waals surface area contributed by atoms with Crippen LogP contribution in [-0.2, 0) is 45.4 Å². The van der Waals surface area contributed by atoms with Crippen molar-refractivity contribution < 1.29 is 50.5 Å². The van der Waals surface area contributed by atoms with Gasteiger partial charge >= 0.3 is 12.2 Å². The molecular formula is C43H64N4O11S2. The number of nitrogens with zero attached hydrogens (tertiary/aromatic N) is 4. The number of amides is 2. The third-order valence-electron chi connectivity index (χ3n) is 12.5. The molecule has 4 aliphatic rings. The molecule has 4 saturated heterocycles. The van der Waals surface area contributed by atoms with Crippen LogP contribution in [0.25, 0.3) is 0 Å². The highest BCUT2D eigenvalue weighted by molar-refractivity contribution is 7.89. The summed E-state index contributed by atoms with van der Waals surface area (Å²) in [4.78, 5) is 29.8. The van der Waals surface area contributed by atoms with E-state index in [1.807, 2.05) is 6.92 Å². The van der Waals surface area contributed by atoms with Crippen molar-refractivity contribution in [2.75, 3.05) is 66.9 Å². The van der Waals surface area contributed by atoms with Crippen molar-refractivity contribution >= 4 is 32.2 Å². The first-order valence-electron chi connectivity index (χ1n) is 21.5. The monoisotopic (exact) mass is 876 g/mol. The molecule has 6 atom stereocenters. The molecule has 4 aliphatic heterocycles. The minimum absolute atomic E-state index is 0.0339. The van der Waals surface area contributed by atoms with Crippen LogP contribution in [0.3, 0.4) is 0 Å². The van der Waals surface area contributed by atoms with Crippen LogP contribution in [0.15, 0.2) is 58.3 Å². The lowest BCUT2D eigenvalue weighted by molar-refractivity contribution is 0.0234. The van der Waals surface area contributed by atoms with Crippen molar-refractivity contribution in [2.45, 2.75) is 124 Å². The zero-order chi connectivity index (χ0) is 42.9. The largest absolute Gasteiger partial charge is 0.448 e. The number of benzene rings is 2. The number of sulfonamides is 2. The summed E-state index contributed by atoms with van der Waals surface area (Å²) >= 11 is 0. The molecule has 2 aromatic rings. The lowest BCUT2D eigenvalue weighted by atomic mass is 9.84. The Morgan fingerprint density at radius 1 is 0.617 bits per heavy atom. The van der Waals surface area contributed by atoms with Gasteiger partial charge in [0.25, 0.3) is 0 Å². The van der Waals surface area contributed by atoms with Crippen LogP contribution < -0.4 is 0 Å². The molecule has 0 saturated carbocycles. The molecule has 334 valence electrons. The van der Waals surface area contributed by atoms with Gasteiger partial charge in [-0.3, -0.25) is 0 Å². The van der Waals surface area contributed by atoms with E-state index in [9.17, 15) is 31.5 Å². The predicted octanol–water partition coefficient (Wildman–Crippen LogP) is 5.19. The van der Waals surface area contributed by atoms with E-state index in [2.05, 4.69) is 0 Å². The fraction of sp³-hybridized carbons (Fsp3) is 0.674. The summed E-state index contributed by atoms with van der Waals surface area (Å²) in [6.45, 7) is 3.57. The molecule has 2 unspecified atom stereocenters. The maximum absolute atomic E-state index is 14.5. The average Bonchev–Trinajstić information content (AvgIpc) is 3.25. The van der Waals surface area contributed by atoms with E-state index in [0.717, 1.165) is 49.7 Å². The zero-order valence-corrected chi connectivity index (χ0v) is 37.0. The number of likely N-dealkylation sites (tertiary alicyclic amines) is 2. The van der Waals surface area contributed by atoms with Crippen molar-refractivity contribution in [1.29, 1.82) is 0 Å². The third-order valence-corrected chi connectivity index (χ3v) is 16.6. The minimum Gasteiger partial charge on any atom is -0.448 e. The molecule has 6 rings (SSSR count). The van der Waals surface area contributed by atoms with Crippen molar-refractivity contribution in [1.82, 2.24) is 18.4 Å². The van der Waals surface area contributed by atoms with Crippen molar-refractivity contribution in [3.63, 3.8) is 0 Å². The van der Waals surface area contributed by atoms with Gasteiger partial charge < -0.3 is 33.9 Å². The van der Waals surface area contributed by atoms with Gasteiger partial charge in [0.1, 0.15) is 13.2 Å². The SMILES string of the molecule is COC[C@H]1CCC[C@@H](COC(=O)N2CCCCC2CO)N1S(=O)(=O)c1ccc(CC2C[C@@H](COC(=O)N3CCCCC3)N(S(=O)(=O)c3ccc(C)cc3)[C@@H](COC)C2)cc1. The Morgan fingerprint density at radius 2 is 1.12 bits per heavy atom. The quantitative estimate of drug-likeness (QED) is 0.250. The van der Waals surface area contributed by atoms with E-state index >= 15 is 0 Å². The number of ether oxygens (including phenoxy) is 4. The smallest absolute Gasteiger partial charge is 0.410 e. The summed E-state index contributed by atoms with van der Waals surface area (Å²) in [5.41, 5.74) is 1.82. The molecule has 60 heavy (non-hydrogen) atoms. The third kappa shape index (κ3) is 11.0. The first-order valence-corrected chi connectivity index (χ1v) is 24.4. The number of hydrogen-bond acceptors (Lipinski definition) is 11. The Kier molecular flexibility index (Phi) is 16.3. The van der Waals surface area contributed by atoms with E-state index in [0.29, 0.717) is 58.2 Å². The number of carbonyl (C=O) groups is 2. The molecule has 4 fully saturated rings. The molecular weight excluding hydrogens is 813 g/mol. The average molecular weight is 877 g/mol. The Morgan fingerprint density at radius 3 is 1.73 bits per heavy atom. The van der Waals surface area contributed by atoms with Gasteiger partial charge in [-0.05, 0) is 113 Å². The Bertz CT molecular complexity index is 1930. The lowest BCUT2D eigenvalue weighted by Gasteiger charge is -2.44. The first kappa shape index (κ1) is 46.2. The summed E-state index contributed by atoms with van der Waals surface area (Å²) < 4.78 is 83.2. The molecule has 4 heterocycles. The van der Waals surface area contributed by atoms with E-state index in [-0.39, 0.29) is 54.8 Å². The molecule has 0 bridgehead atoms. The summed E-state index contributed by atoms with van der Waals surface area (Å²) in [6, 6.07) is 11.0. The molecule has 1 N–H and O–H groups in total. The Labute approximate surface area is 356 Å². The van der Waals surface area contributed by atoms with Crippen LogP contribution in [-0.4, -0.2) is 150 Å². The van der Waals surface area contributed by atoms with Gasteiger partial charge in [0, 0.05) is 45.9 Å². The van der Waals surface area contributed by atoms with E-state index in [1.54, 1.807) is 65.4 Å². The molecule has 0 radical (unpaired) electrons. The number of aliphatic hydroxyl groups excluding tert-OH is 1. The molecule has 2 aromatic carbocycles. The van der Waals surface area contributed by atoms with Gasteiger partial charge in [-0.15, -0.1) is 0 Å². The van der Waals surface area contributed by atoms with Gasteiger partial charge in [-0.2, -0.15) is 8.61 Å². The van der Waals surface area contributed by atoms with Crippen LogP contribution >= 0.6 is 0 Å². The van der Waals surface area contributed by atoms with Crippen LogP contribution in [0.4, 0.5) is 9.59 Å². The van der Waals surface area contributed by atoms with E-state index in [4.69, 9.17) is 18.9 Å². The highest BCUT2D eigenvalue weighted by Gasteiger charge is 2.45. The maximum Gasteiger partial charge on any atom is 0.410 e. The minimum atomic E-state index is -4.06. The number of aryl methyl sites for hydroxylation is 1. The van der Waals surface area contributed by atoms with Crippen LogP contribution in [0.5, 0.6) is 0 Å². The second-order valence-corrected chi connectivity index (χ2v) is 20.5. The predicted molar refractivity (Wildman–Crippen MR) is 224 cm³/mol. The second-order valence-electron chi connectivity index (χ2n) is 16.9. The van der Waals surface area contributed by atoms with Gasteiger partial charge in [0.05, 0.1) is 47.7 Å². The van der Waals surface area contributed by atoms with Crippen molar-refractivity contribution in [2.24, 2.45) is 5.92 Å². The Hall–Kier alpha value is -3.32.